The van der Waals surface area contributed by atoms with Crippen molar-refractivity contribution in [2.45, 2.75) is 31.7 Å². The molecule has 36 heavy (non-hydrogen) atoms. The highest BCUT2D eigenvalue weighted by molar-refractivity contribution is 7.90. The summed E-state index contributed by atoms with van der Waals surface area (Å²) in [5.41, 5.74) is 4.92. The third-order valence-corrected chi connectivity index (χ3v) is 7.57. The molecule has 1 amide bonds. The first kappa shape index (κ1) is 24.0. The Morgan fingerprint density at radius 2 is 1.89 bits per heavy atom. The van der Waals surface area contributed by atoms with E-state index in [2.05, 4.69) is 9.97 Å². The van der Waals surface area contributed by atoms with Crippen molar-refractivity contribution >= 4 is 26.8 Å². The van der Waals surface area contributed by atoms with Crippen LogP contribution in [0.4, 0.5) is 4.39 Å². The fraction of sp³-hybridized carbons (Fsp3) is 0.259. The number of rotatable bonds is 4. The number of aromatic amines is 1. The first-order chi connectivity index (χ1) is 17.2. The van der Waals surface area contributed by atoms with Crippen LogP contribution >= 0.6 is 0 Å². The van der Waals surface area contributed by atoms with Crippen molar-refractivity contribution in [3.8, 4) is 16.9 Å². The smallest absolute Gasteiger partial charge is 0.254 e. The molecule has 0 fully saturated rings. The number of hydrogen-bond acceptors (Lipinski definition) is 5. The van der Waals surface area contributed by atoms with E-state index in [4.69, 9.17) is 4.74 Å². The molecule has 0 atom stereocenters. The van der Waals surface area contributed by atoms with E-state index in [1.54, 1.807) is 11.8 Å². The topological polar surface area (TPSA) is 92.4 Å². The van der Waals surface area contributed by atoms with E-state index in [9.17, 15) is 13.2 Å². The number of benzene rings is 3. The number of aromatic nitrogens is 2. The summed E-state index contributed by atoms with van der Waals surface area (Å²) in [5.74, 6) is 0.326. The van der Waals surface area contributed by atoms with Crippen LogP contribution in [0, 0.1) is 12.7 Å². The van der Waals surface area contributed by atoms with Crippen LogP contribution in [0.3, 0.4) is 0 Å². The number of hydrogen-bond donors (Lipinski definition) is 1. The fourth-order valence-corrected chi connectivity index (χ4v) is 5.43. The number of nitrogens with zero attached hydrogens (tertiary/aromatic N) is 2. The van der Waals surface area contributed by atoms with Gasteiger partial charge in [0.15, 0.2) is 9.84 Å². The summed E-state index contributed by atoms with van der Waals surface area (Å²) in [6.07, 6.45) is 1.15. The van der Waals surface area contributed by atoms with Gasteiger partial charge in [0, 0.05) is 29.5 Å². The normalized spacial score (nSPS) is 13.8. The Morgan fingerprint density at radius 3 is 2.64 bits per heavy atom. The summed E-state index contributed by atoms with van der Waals surface area (Å²) in [6, 6.07) is 14.5. The molecule has 1 aromatic heterocycles. The maximum absolute atomic E-state index is 15.0. The minimum atomic E-state index is -3.75. The molecule has 9 heteroatoms. The van der Waals surface area contributed by atoms with Gasteiger partial charge in [-0.25, -0.2) is 17.8 Å². The number of ether oxygens (including phenoxy) is 1. The summed E-state index contributed by atoms with van der Waals surface area (Å²) >= 11 is 0. The summed E-state index contributed by atoms with van der Waals surface area (Å²) in [6.45, 7) is 4.51. The highest BCUT2D eigenvalue weighted by atomic mass is 32.2. The average Bonchev–Trinajstić information content (AvgIpc) is 3.08. The summed E-state index contributed by atoms with van der Waals surface area (Å²) < 4.78 is 44.9. The Bertz CT molecular complexity index is 1610. The second-order valence-electron chi connectivity index (χ2n) is 8.98. The predicted octanol–water partition coefficient (Wildman–Crippen LogP) is 4.68. The molecule has 1 N–H and O–H groups in total. The van der Waals surface area contributed by atoms with E-state index >= 15 is 4.39 Å². The summed E-state index contributed by atoms with van der Waals surface area (Å²) in [7, 11) is -3.75. The van der Waals surface area contributed by atoms with Gasteiger partial charge in [-0.2, -0.15) is 0 Å². The van der Waals surface area contributed by atoms with Gasteiger partial charge in [0.05, 0.1) is 17.6 Å². The zero-order chi connectivity index (χ0) is 25.6. The number of fused-ring (bicyclic) bond motifs is 2. The second kappa shape index (κ2) is 9.05. The van der Waals surface area contributed by atoms with Gasteiger partial charge in [-0.15, -0.1) is 0 Å². The van der Waals surface area contributed by atoms with Gasteiger partial charge in [-0.05, 0) is 60.9 Å². The molecule has 0 saturated carbocycles. The third kappa shape index (κ3) is 4.35. The van der Waals surface area contributed by atoms with Gasteiger partial charge in [-0.1, -0.05) is 19.1 Å². The molecule has 0 saturated heterocycles. The van der Waals surface area contributed by atoms with E-state index in [0.717, 1.165) is 39.8 Å². The maximum atomic E-state index is 15.0. The van der Waals surface area contributed by atoms with Crippen LogP contribution in [0.2, 0.25) is 0 Å². The van der Waals surface area contributed by atoms with Crippen molar-refractivity contribution in [2.75, 3.05) is 19.4 Å². The number of H-pyrrole nitrogens is 1. The molecule has 2 heterocycles. The predicted molar refractivity (Wildman–Crippen MR) is 135 cm³/mol. The van der Waals surface area contributed by atoms with Crippen LogP contribution < -0.4 is 4.74 Å². The van der Waals surface area contributed by atoms with Crippen LogP contribution in [0.15, 0.2) is 53.4 Å². The van der Waals surface area contributed by atoms with E-state index in [0.29, 0.717) is 18.9 Å². The number of amides is 1. The first-order valence-corrected chi connectivity index (χ1v) is 13.6. The van der Waals surface area contributed by atoms with Gasteiger partial charge in [0.1, 0.15) is 28.9 Å². The monoisotopic (exact) mass is 507 g/mol. The standard InChI is InChI=1S/C27H26FN3O4S/c1-4-20-21(7-10-25(26(20)28)36(3,33)34)27(32)31-11-12-35-24-9-6-17(13-19(24)15-31)18-5-8-22-23(14-18)30-16(2)29-22/h5-10,13-14H,4,11-12,15H2,1-3H3,(H,29,30). The zero-order valence-electron chi connectivity index (χ0n) is 20.3. The maximum Gasteiger partial charge on any atom is 0.254 e. The molecule has 1 aliphatic rings. The lowest BCUT2D eigenvalue weighted by Crippen LogP contribution is -2.33. The van der Waals surface area contributed by atoms with Crippen LogP contribution in [-0.4, -0.2) is 48.6 Å². The molecule has 0 spiro atoms. The lowest BCUT2D eigenvalue weighted by atomic mass is 10.0. The molecular formula is C27H26FN3O4S. The van der Waals surface area contributed by atoms with Gasteiger partial charge < -0.3 is 14.6 Å². The quantitative estimate of drug-likeness (QED) is 0.433. The van der Waals surface area contributed by atoms with Crippen molar-refractivity contribution in [3.05, 3.63) is 76.9 Å². The number of carbonyl (C=O) groups is 1. The molecular weight excluding hydrogens is 481 g/mol. The highest BCUT2D eigenvalue weighted by Gasteiger charge is 2.27. The van der Waals surface area contributed by atoms with Crippen molar-refractivity contribution in [2.24, 2.45) is 0 Å². The van der Waals surface area contributed by atoms with E-state index < -0.39 is 20.5 Å². The van der Waals surface area contributed by atoms with Crippen molar-refractivity contribution in [3.63, 3.8) is 0 Å². The fourth-order valence-electron chi connectivity index (χ4n) is 4.67. The Hall–Kier alpha value is -3.72. The molecule has 4 aromatic rings. The Morgan fingerprint density at radius 1 is 1.14 bits per heavy atom. The summed E-state index contributed by atoms with van der Waals surface area (Å²) in [5, 5.41) is 0. The van der Waals surface area contributed by atoms with E-state index in [-0.39, 0.29) is 30.0 Å². The SMILES string of the molecule is CCc1c(C(=O)N2CCOc3ccc(-c4ccc5nc(C)[nH]c5c4)cc3C2)ccc(S(C)(=O)=O)c1F. The number of aryl methyl sites for hydroxylation is 1. The number of nitrogens with one attached hydrogen (secondary N) is 1. The number of halogens is 1. The Kier molecular flexibility index (Phi) is 6.04. The molecule has 0 unspecified atom stereocenters. The van der Waals surface area contributed by atoms with Gasteiger partial charge in [-0.3, -0.25) is 4.79 Å². The van der Waals surface area contributed by atoms with Gasteiger partial charge in [0.2, 0.25) is 0 Å². The highest BCUT2D eigenvalue weighted by Crippen LogP contribution is 2.32. The van der Waals surface area contributed by atoms with Crippen LogP contribution in [-0.2, 0) is 22.8 Å². The molecule has 3 aromatic carbocycles. The van der Waals surface area contributed by atoms with Crippen LogP contribution in [0.1, 0.15) is 34.2 Å². The lowest BCUT2D eigenvalue weighted by molar-refractivity contribution is 0.0731. The molecule has 0 radical (unpaired) electrons. The van der Waals surface area contributed by atoms with E-state index in [1.807, 2.05) is 43.3 Å². The van der Waals surface area contributed by atoms with Crippen molar-refractivity contribution in [1.82, 2.24) is 14.9 Å². The van der Waals surface area contributed by atoms with Gasteiger partial charge >= 0.3 is 0 Å². The minimum Gasteiger partial charge on any atom is -0.491 e. The molecule has 5 rings (SSSR count). The second-order valence-corrected chi connectivity index (χ2v) is 11.0. The largest absolute Gasteiger partial charge is 0.491 e. The Labute approximate surface area is 208 Å². The number of imidazole rings is 1. The lowest BCUT2D eigenvalue weighted by Gasteiger charge is -2.22. The molecule has 0 aliphatic carbocycles. The van der Waals surface area contributed by atoms with Crippen molar-refractivity contribution < 1.29 is 22.3 Å². The van der Waals surface area contributed by atoms with Gasteiger partial charge in [0.25, 0.3) is 5.91 Å². The Balaban J connectivity index is 1.48. The van der Waals surface area contributed by atoms with Crippen molar-refractivity contribution in [1.29, 1.82) is 0 Å². The van der Waals surface area contributed by atoms with E-state index in [1.165, 1.54) is 12.1 Å². The number of carbonyl (C=O) groups excluding carboxylic acids is 1. The zero-order valence-corrected chi connectivity index (χ0v) is 21.1. The molecule has 7 nitrogen and oxygen atoms in total. The first-order valence-electron chi connectivity index (χ1n) is 11.7. The third-order valence-electron chi connectivity index (χ3n) is 6.45. The average molecular weight is 508 g/mol. The molecule has 1 aliphatic heterocycles. The number of sulfone groups is 1. The molecule has 186 valence electrons. The van der Waals surface area contributed by atoms with Crippen LogP contribution in [0.25, 0.3) is 22.2 Å². The molecule has 0 bridgehead atoms. The minimum absolute atomic E-state index is 0.102. The van der Waals surface area contributed by atoms with Crippen LogP contribution in [0.5, 0.6) is 5.75 Å². The summed E-state index contributed by atoms with van der Waals surface area (Å²) in [4.78, 5) is 22.4.